The van der Waals surface area contributed by atoms with E-state index in [-0.39, 0.29) is 6.04 Å². The van der Waals surface area contributed by atoms with Gasteiger partial charge in [0.05, 0.1) is 4.90 Å². The van der Waals surface area contributed by atoms with Gasteiger partial charge in [0.25, 0.3) is 0 Å². The minimum Gasteiger partial charge on any atom is -0.207 e. The summed E-state index contributed by atoms with van der Waals surface area (Å²) in [4.78, 5) is 0.393. The predicted molar refractivity (Wildman–Crippen MR) is 81.4 cm³/mol. The maximum absolute atomic E-state index is 12.8. The van der Waals surface area contributed by atoms with Crippen molar-refractivity contribution in [1.82, 2.24) is 4.31 Å². The number of halogens is 1. The Labute approximate surface area is 124 Å². The summed E-state index contributed by atoms with van der Waals surface area (Å²) < 4.78 is 27.1. The Balaban J connectivity index is 2.43. The van der Waals surface area contributed by atoms with Gasteiger partial charge in [-0.3, -0.25) is 0 Å². The summed E-state index contributed by atoms with van der Waals surface area (Å²) in [6.45, 7) is 4.37. The molecule has 106 valence electrons. The summed E-state index contributed by atoms with van der Waals surface area (Å²) in [5.74, 6) is 2.04. The van der Waals surface area contributed by atoms with Crippen LogP contribution in [-0.2, 0) is 15.9 Å². The number of hydrogen-bond acceptors (Lipinski definition) is 3. The average Bonchev–Trinajstić information content (AvgIpc) is 2.39. The molecule has 0 spiro atoms. The van der Waals surface area contributed by atoms with Gasteiger partial charge in [-0.2, -0.15) is 16.1 Å². The van der Waals surface area contributed by atoms with Crippen molar-refractivity contribution in [3.63, 3.8) is 0 Å². The third-order valence-electron chi connectivity index (χ3n) is 3.30. The van der Waals surface area contributed by atoms with E-state index < -0.39 is 10.0 Å². The van der Waals surface area contributed by atoms with E-state index in [0.29, 0.717) is 17.3 Å². The molecule has 0 aliphatic carbocycles. The van der Waals surface area contributed by atoms with E-state index in [0.717, 1.165) is 22.6 Å². The van der Waals surface area contributed by atoms with Crippen molar-refractivity contribution >= 4 is 33.4 Å². The number of nitrogens with zero attached hydrogens (tertiary/aromatic N) is 1. The monoisotopic (exact) mass is 319 g/mol. The van der Waals surface area contributed by atoms with Crippen LogP contribution in [0.3, 0.4) is 0 Å². The summed E-state index contributed by atoms with van der Waals surface area (Å²) >= 11 is 7.61. The average molecular weight is 320 g/mol. The number of alkyl halides is 1. The number of rotatable bonds is 3. The Morgan fingerprint density at radius 1 is 1.47 bits per heavy atom. The molecule has 0 radical (unpaired) electrons. The second-order valence-corrected chi connectivity index (χ2v) is 8.05. The number of benzene rings is 1. The van der Waals surface area contributed by atoms with Gasteiger partial charge in [-0.05, 0) is 31.0 Å². The van der Waals surface area contributed by atoms with Crippen molar-refractivity contribution in [3.8, 4) is 0 Å². The molecule has 0 aromatic heterocycles. The molecule has 1 aliphatic heterocycles. The number of thioether (sulfide) groups is 1. The van der Waals surface area contributed by atoms with E-state index in [1.807, 2.05) is 26.0 Å². The molecule has 0 bridgehead atoms. The van der Waals surface area contributed by atoms with Crippen molar-refractivity contribution in [2.75, 3.05) is 18.1 Å². The maximum Gasteiger partial charge on any atom is 0.243 e. The molecule has 19 heavy (non-hydrogen) atoms. The molecule has 2 rings (SSSR count). The topological polar surface area (TPSA) is 37.4 Å². The lowest BCUT2D eigenvalue weighted by molar-refractivity contribution is 0.367. The second kappa shape index (κ2) is 6.04. The summed E-state index contributed by atoms with van der Waals surface area (Å²) in [5, 5.41) is 0. The smallest absolute Gasteiger partial charge is 0.207 e. The van der Waals surface area contributed by atoms with Crippen molar-refractivity contribution < 1.29 is 8.42 Å². The van der Waals surface area contributed by atoms with Crippen LogP contribution in [0.15, 0.2) is 23.1 Å². The molecule has 0 amide bonds. The Hall–Kier alpha value is -0.230. The van der Waals surface area contributed by atoms with Crippen molar-refractivity contribution in [2.45, 2.75) is 30.7 Å². The highest BCUT2D eigenvalue weighted by Gasteiger charge is 2.32. The fraction of sp³-hybridized carbons (Fsp3) is 0.538. The van der Waals surface area contributed by atoms with E-state index in [1.54, 1.807) is 22.1 Å². The highest BCUT2D eigenvalue weighted by atomic mass is 35.5. The highest BCUT2D eigenvalue weighted by molar-refractivity contribution is 7.99. The van der Waals surface area contributed by atoms with E-state index in [4.69, 9.17) is 11.6 Å². The SMILES string of the molecule is Cc1ccc(CCl)cc1S(=O)(=O)N1CCSCC1C. The van der Waals surface area contributed by atoms with Crippen molar-refractivity contribution in [1.29, 1.82) is 0 Å². The molecular formula is C13H18ClNO2S2. The molecule has 1 aromatic carbocycles. The lowest BCUT2D eigenvalue weighted by atomic mass is 10.2. The number of hydrogen-bond donors (Lipinski definition) is 0. The minimum atomic E-state index is -3.41. The molecule has 1 aromatic rings. The summed E-state index contributed by atoms with van der Waals surface area (Å²) in [5.41, 5.74) is 1.61. The first kappa shape index (κ1) is 15.2. The highest BCUT2D eigenvalue weighted by Crippen LogP contribution is 2.27. The van der Waals surface area contributed by atoms with Crippen LogP contribution < -0.4 is 0 Å². The van der Waals surface area contributed by atoms with E-state index in [1.165, 1.54) is 0 Å². The summed E-state index contributed by atoms with van der Waals surface area (Å²) in [6.07, 6.45) is 0. The number of sulfonamides is 1. The normalized spacial score (nSPS) is 21.5. The van der Waals surface area contributed by atoms with Gasteiger partial charge < -0.3 is 0 Å². The molecule has 1 fully saturated rings. The van der Waals surface area contributed by atoms with Crippen molar-refractivity contribution in [3.05, 3.63) is 29.3 Å². The van der Waals surface area contributed by atoms with Gasteiger partial charge in [-0.1, -0.05) is 12.1 Å². The van der Waals surface area contributed by atoms with Gasteiger partial charge in [0.15, 0.2) is 0 Å². The van der Waals surface area contributed by atoms with Crippen LogP contribution in [0.2, 0.25) is 0 Å². The van der Waals surface area contributed by atoms with E-state index in [9.17, 15) is 8.42 Å². The van der Waals surface area contributed by atoms with Gasteiger partial charge in [0, 0.05) is 30.0 Å². The van der Waals surface area contributed by atoms with Crippen molar-refractivity contribution in [2.24, 2.45) is 0 Å². The number of aryl methyl sites for hydroxylation is 1. The first-order valence-electron chi connectivity index (χ1n) is 6.22. The van der Waals surface area contributed by atoms with Gasteiger partial charge in [-0.25, -0.2) is 8.42 Å². The predicted octanol–water partition coefficient (Wildman–Crippen LogP) is 2.86. The van der Waals surface area contributed by atoms with Gasteiger partial charge >= 0.3 is 0 Å². The second-order valence-electron chi connectivity index (χ2n) is 4.77. The van der Waals surface area contributed by atoms with Crippen LogP contribution in [0.1, 0.15) is 18.1 Å². The first-order valence-corrected chi connectivity index (χ1v) is 9.35. The summed E-state index contributed by atoms with van der Waals surface area (Å²) in [6, 6.07) is 5.44. The first-order chi connectivity index (χ1) is 8.96. The molecule has 6 heteroatoms. The molecule has 1 atom stereocenters. The lowest BCUT2D eigenvalue weighted by Crippen LogP contribution is -2.44. The molecule has 1 unspecified atom stereocenters. The minimum absolute atomic E-state index is 0.0443. The quantitative estimate of drug-likeness (QED) is 0.804. The Morgan fingerprint density at radius 2 is 2.21 bits per heavy atom. The molecular weight excluding hydrogens is 302 g/mol. The Morgan fingerprint density at radius 3 is 2.84 bits per heavy atom. The van der Waals surface area contributed by atoms with E-state index >= 15 is 0 Å². The van der Waals surface area contributed by atoms with Crippen LogP contribution >= 0.6 is 23.4 Å². The van der Waals surface area contributed by atoms with Crippen LogP contribution in [0.5, 0.6) is 0 Å². The third-order valence-corrected chi connectivity index (χ3v) is 6.95. The maximum atomic E-state index is 12.8. The van der Waals surface area contributed by atoms with E-state index in [2.05, 4.69) is 0 Å². The lowest BCUT2D eigenvalue weighted by Gasteiger charge is -2.32. The van der Waals surface area contributed by atoms with Crippen LogP contribution in [0, 0.1) is 6.92 Å². The fourth-order valence-corrected chi connectivity index (χ4v) is 5.50. The van der Waals surface area contributed by atoms with Crippen LogP contribution in [-0.4, -0.2) is 36.8 Å². The van der Waals surface area contributed by atoms with Gasteiger partial charge in [0.2, 0.25) is 10.0 Å². The standard InChI is InChI=1S/C13H18ClNO2S2/c1-10-3-4-12(8-14)7-13(10)19(16,17)15-5-6-18-9-11(15)2/h3-4,7,11H,5-6,8-9H2,1-2H3. The molecule has 0 N–H and O–H groups in total. The zero-order valence-corrected chi connectivity index (χ0v) is 13.5. The molecule has 0 saturated carbocycles. The largest absolute Gasteiger partial charge is 0.243 e. The zero-order valence-electron chi connectivity index (χ0n) is 11.1. The summed E-state index contributed by atoms with van der Waals surface area (Å²) in [7, 11) is -3.41. The van der Waals surface area contributed by atoms with Gasteiger partial charge in [-0.15, -0.1) is 11.6 Å². The third kappa shape index (κ3) is 3.10. The molecule has 3 nitrogen and oxygen atoms in total. The zero-order chi connectivity index (χ0) is 14.0. The Kier molecular flexibility index (Phi) is 4.82. The van der Waals surface area contributed by atoms with Crippen LogP contribution in [0.25, 0.3) is 0 Å². The molecule has 1 heterocycles. The van der Waals surface area contributed by atoms with Crippen LogP contribution in [0.4, 0.5) is 0 Å². The Bertz CT molecular complexity index is 560. The fourth-order valence-electron chi connectivity index (χ4n) is 2.20. The molecule has 1 aliphatic rings. The van der Waals surface area contributed by atoms with Gasteiger partial charge in [0.1, 0.15) is 0 Å². The molecule has 1 saturated heterocycles.